The second-order valence-electron chi connectivity index (χ2n) is 4.47. The van der Waals surface area contributed by atoms with E-state index in [-0.39, 0.29) is 13.0 Å². The average molecular weight is 247 g/mol. The topological polar surface area (TPSA) is 60.4 Å². The van der Waals surface area contributed by atoms with Gasteiger partial charge in [-0.05, 0) is 40.0 Å². The van der Waals surface area contributed by atoms with Crippen molar-refractivity contribution in [2.75, 3.05) is 33.3 Å². The highest BCUT2D eigenvalue weighted by atomic mass is 16.4. The summed E-state index contributed by atoms with van der Waals surface area (Å²) in [6.45, 7) is 10.6. The van der Waals surface area contributed by atoms with Gasteiger partial charge in [-0.25, -0.2) is 0 Å². The van der Waals surface area contributed by atoms with Crippen LogP contribution in [0.2, 0.25) is 0 Å². The van der Waals surface area contributed by atoms with Crippen molar-refractivity contribution in [2.24, 2.45) is 0 Å². The lowest BCUT2D eigenvalue weighted by atomic mass is 10.2. The van der Waals surface area contributed by atoms with E-state index in [2.05, 4.69) is 27.8 Å². The maximum absolute atomic E-state index is 9.79. The maximum Gasteiger partial charge on any atom is 0.0755 e. The van der Waals surface area contributed by atoms with Crippen molar-refractivity contribution in [3.05, 3.63) is 0 Å². The molecule has 0 atom stereocenters. The van der Waals surface area contributed by atoms with Gasteiger partial charge in [0, 0.05) is 12.6 Å². The Morgan fingerprint density at radius 2 is 1.53 bits per heavy atom. The molecule has 0 aliphatic rings. The number of carbonyl (C=O) groups is 1. The zero-order chi connectivity index (χ0) is 13.7. The van der Waals surface area contributed by atoms with Crippen LogP contribution in [0.5, 0.6) is 0 Å². The van der Waals surface area contributed by atoms with Gasteiger partial charge in [-0.3, -0.25) is 0 Å². The molecule has 0 heterocycles. The first-order valence-electron chi connectivity index (χ1n) is 6.60. The third-order valence-electron chi connectivity index (χ3n) is 3.33. The van der Waals surface area contributed by atoms with E-state index in [9.17, 15) is 9.90 Å². The van der Waals surface area contributed by atoms with E-state index in [1.54, 1.807) is 0 Å². The van der Waals surface area contributed by atoms with Crippen molar-refractivity contribution in [3.8, 4) is 0 Å². The Kier molecular flexibility index (Phi) is 13.1. The minimum Gasteiger partial charge on any atom is -0.550 e. The molecule has 17 heavy (non-hydrogen) atoms. The molecule has 0 aromatic heterocycles. The van der Waals surface area contributed by atoms with Crippen molar-refractivity contribution in [1.29, 1.82) is 0 Å². The Morgan fingerprint density at radius 3 is 1.76 bits per heavy atom. The summed E-state index contributed by atoms with van der Waals surface area (Å²) in [6.07, 6.45) is 2.18. The molecule has 4 nitrogen and oxygen atoms in total. The molecular formula is C13H29NO3. The van der Waals surface area contributed by atoms with E-state index in [4.69, 9.17) is 5.11 Å². The van der Waals surface area contributed by atoms with Crippen molar-refractivity contribution in [1.82, 2.24) is 0 Å². The Morgan fingerprint density at radius 1 is 1.06 bits per heavy atom. The third-order valence-corrected chi connectivity index (χ3v) is 3.33. The van der Waals surface area contributed by atoms with Crippen LogP contribution in [0.3, 0.4) is 0 Å². The molecule has 0 spiro atoms. The molecule has 4 heteroatoms. The van der Waals surface area contributed by atoms with Crippen molar-refractivity contribution in [3.63, 3.8) is 0 Å². The van der Waals surface area contributed by atoms with Gasteiger partial charge in [0.2, 0.25) is 0 Å². The van der Waals surface area contributed by atoms with Gasteiger partial charge >= 0.3 is 0 Å². The van der Waals surface area contributed by atoms with Gasteiger partial charge in [-0.1, -0.05) is 6.42 Å². The predicted molar refractivity (Wildman–Crippen MR) is 68.4 cm³/mol. The van der Waals surface area contributed by atoms with E-state index in [1.165, 1.54) is 24.1 Å². The van der Waals surface area contributed by atoms with Gasteiger partial charge in [-0.2, -0.15) is 0 Å². The lowest BCUT2D eigenvalue weighted by Crippen LogP contribution is -2.42. The van der Waals surface area contributed by atoms with E-state index < -0.39 is 5.97 Å². The van der Waals surface area contributed by atoms with E-state index in [1.807, 2.05) is 0 Å². The number of nitrogens with zero attached hydrogens (tertiary/aromatic N) is 1. The lowest BCUT2D eigenvalue weighted by molar-refractivity contribution is -0.904. The molecule has 0 aromatic carbocycles. The van der Waals surface area contributed by atoms with Gasteiger partial charge in [0.1, 0.15) is 0 Å². The Labute approximate surface area is 106 Å². The molecule has 104 valence electrons. The summed E-state index contributed by atoms with van der Waals surface area (Å²) in [4.78, 5) is 9.79. The van der Waals surface area contributed by atoms with Crippen molar-refractivity contribution in [2.45, 2.75) is 46.5 Å². The number of hydrogen-bond donors (Lipinski definition) is 1. The number of aliphatic hydroxyl groups is 1. The first-order valence-corrected chi connectivity index (χ1v) is 6.60. The fourth-order valence-electron chi connectivity index (χ4n) is 1.23. The number of unbranched alkanes of at least 4 members (excludes halogenated alkanes) is 2. The summed E-state index contributed by atoms with van der Waals surface area (Å²) in [6, 6.07) is 0. The quantitative estimate of drug-likeness (QED) is 0.509. The number of hydrogen-bond acceptors (Lipinski definition) is 3. The highest BCUT2D eigenvalue weighted by Crippen LogP contribution is 1.98. The molecule has 0 aromatic rings. The Balaban J connectivity index is 0. The summed E-state index contributed by atoms with van der Waals surface area (Å²) < 4.78 is 1.21. The van der Waals surface area contributed by atoms with Gasteiger partial charge in [0.05, 0.1) is 26.7 Å². The smallest absolute Gasteiger partial charge is 0.0755 e. The zero-order valence-electron chi connectivity index (χ0n) is 11.9. The summed E-state index contributed by atoms with van der Waals surface area (Å²) >= 11 is 0. The van der Waals surface area contributed by atoms with Crippen LogP contribution in [0.4, 0.5) is 0 Å². The number of carboxylic acid groups (broad SMARTS) is 1. The lowest BCUT2D eigenvalue weighted by Gasteiger charge is -2.30. The number of aliphatic carboxylic acids is 1. The van der Waals surface area contributed by atoms with Crippen LogP contribution >= 0.6 is 0 Å². The summed E-state index contributed by atoms with van der Waals surface area (Å²) in [5.41, 5.74) is 0. The Bertz CT molecular complexity index is 171. The zero-order valence-corrected chi connectivity index (χ0v) is 11.9. The number of rotatable bonds is 8. The van der Waals surface area contributed by atoms with E-state index in [0.717, 1.165) is 6.42 Å². The van der Waals surface area contributed by atoms with Crippen LogP contribution in [0.15, 0.2) is 0 Å². The van der Waals surface area contributed by atoms with E-state index in [0.29, 0.717) is 12.8 Å². The minimum absolute atomic E-state index is 0.111. The van der Waals surface area contributed by atoms with Gasteiger partial charge < -0.3 is 19.5 Å². The summed E-state index contributed by atoms with van der Waals surface area (Å²) in [5, 5.41) is 18.1. The molecule has 0 bridgehead atoms. The van der Waals surface area contributed by atoms with Gasteiger partial charge in [0.25, 0.3) is 0 Å². The highest BCUT2D eigenvalue weighted by Gasteiger charge is 2.10. The molecule has 0 aliphatic heterocycles. The maximum atomic E-state index is 9.79. The average Bonchev–Trinajstić information content (AvgIpc) is 2.34. The molecule has 0 radical (unpaired) electrons. The molecule has 0 rings (SSSR count). The van der Waals surface area contributed by atoms with Gasteiger partial charge in [0.15, 0.2) is 0 Å². The molecule has 0 aliphatic carbocycles. The molecule has 0 saturated heterocycles. The van der Waals surface area contributed by atoms with E-state index >= 15 is 0 Å². The van der Waals surface area contributed by atoms with Crippen LogP contribution in [0.25, 0.3) is 0 Å². The van der Waals surface area contributed by atoms with Crippen LogP contribution < -0.4 is 5.11 Å². The largest absolute Gasteiger partial charge is 0.550 e. The normalized spacial score (nSPS) is 10.6. The minimum atomic E-state index is -1.01. The first kappa shape index (κ1) is 18.7. The highest BCUT2D eigenvalue weighted by molar-refractivity contribution is 5.63. The molecule has 0 fully saturated rings. The Hall–Kier alpha value is -0.610. The van der Waals surface area contributed by atoms with Crippen molar-refractivity contribution < 1.29 is 19.5 Å². The monoisotopic (exact) mass is 247 g/mol. The standard InChI is InChI=1S/C7H18N.C6H12O3/c1-5-8(4,6-2)7-3;7-5-3-1-2-4-6(8)9/h5-7H2,1-4H3;7H,1-5H2,(H,8,9)/q+1;/p-1. The van der Waals surface area contributed by atoms with Crippen LogP contribution in [-0.4, -0.2) is 48.8 Å². The molecular weight excluding hydrogens is 218 g/mol. The number of aliphatic hydroxyl groups excluding tert-OH is 1. The predicted octanol–water partition coefficient (Wildman–Crippen LogP) is 0.782. The fraction of sp³-hybridized carbons (Fsp3) is 0.923. The molecule has 0 unspecified atom stereocenters. The second kappa shape index (κ2) is 11.9. The fourth-order valence-corrected chi connectivity index (χ4v) is 1.23. The molecule has 0 saturated carbocycles. The molecule has 1 N–H and O–H groups in total. The first-order chi connectivity index (χ1) is 7.95. The van der Waals surface area contributed by atoms with Crippen LogP contribution in [-0.2, 0) is 4.79 Å². The van der Waals surface area contributed by atoms with Gasteiger partial charge in [-0.15, -0.1) is 0 Å². The van der Waals surface area contributed by atoms with Crippen LogP contribution in [0, 0.1) is 0 Å². The van der Waals surface area contributed by atoms with Crippen molar-refractivity contribution >= 4 is 5.97 Å². The third kappa shape index (κ3) is 13.3. The number of quaternary nitrogens is 1. The number of carboxylic acids is 1. The second-order valence-corrected chi connectivity index (χ2v) is 4.47. The SMILES string of the molecule is CC[N+](C)(CC)CC.O=C([O-])CCCCCO. The van der Waals surface area contributed by atoms with Crippen LogP contribution in [0.1, 0.15) is 46.5 Å². The molecule has 0 amide bonds. The summed E-state index contributed by atoms with van der Waals surface area (Å²) in [5.74, 6) is -1.01. The number of carbonyl (C=O) groups excluding carboxylic acids is 1. The summed E-state index contributed by atoms with van der Waals surface area (Å²) in [7, 11) is 2.29.